The van der Waals surface area contributed by atoms with Gasteiger partial charge in [0.2, 0.25) is 6.79 Å². The molecular weight excluding hydrogens is 350 g/mol. The summed E-state index contributed by atoms with van der Waals surface area (Å²) in [7, 11) is 0. The minimum atomic E-state index is -0.740. The van der Waals surface area contributed by atoms with Gasteiger partial charge in [-0.3, -0.25) is 15.1 Å². The third-order valence-electron chi connectivity index (χ3n) is 4.58. The summed E-state index contributed by atoms with van der Waals surface area (Å²) in [6, 6.07) is 8.27. The zero-order valence-electron chi connectivity index (χ0n) is 14.8. The van der Waals surface area contributed by atoms with Gasteiger partial charge in [-0.15, -0.1) is 0 Å². The van der Waals surface area contributed by atoms with Gasteiger partial charge in [0.05, 0.1) is 5.56 Å². The number of anilines is 1. The van der Waals surface area contributed by atoms with Gasteiger partial charge < -0.3 is 19.7 Å². The van der Waals surface area contributed by atoms with E-state index in [1.807, 2.05) is 13.8 Å². The lowest BCUT2D eigenvalue weighted by atomic mass is 9.98. The lowest BCUT2D eigenvalue weighted by Gasteiger charge is -2.25. The number of nitrogens with zero attached hydrogens (tertiary/aromatic N) is 2. The monoisotopic (exact) mass is 369 g/mol. The lowest BCUT2D eigenvalue weighted by molar-refractivity contribution is -0.109. The van der Waals surface area contributed by atoms with Crippen LogP contribution in [0.5, 0.6) is 23.0 Å². The lowest BCUT2D eigenvalue weighted by Crippen LogP contribution is -2.41. The number of fused-ring (bicyclic) bond motifs is 1. The van der Waals surface area contributed by atoms with Crippen LogP contribution in [0.25, 0.3) is 0 Å². The molecule has 3 N–H and O–H groups in total. The number of phenols is 2. The first kappa shape index (κ1) is 17.0. The Morgan fingerprint density at radius 2 is 1.96 bits per heavy atom. The number of carbonyl (C=O) groups is 1. The molecule has 2 heterocycles. The van der Waals surface area contributed by atoms with E-state index in [0.29, 0.717) is 34.1 Å². The first-order valence-corrected chi connectivity index (χ1v) is 8.53. The highest BCUT2D eigenvalue weighted by Crippen LogP contribution is 2.38. The molecule has 2 aromatic carbocycles. The third-order valence-corrected chi connectivity index (χ3v) is 4.58. The standard InChI is InChI=1S/C19H19N3O5/c1-10(2)12-6-13(15(25)7-14(12)24)19-21-20-18(8-23)22(19)11-3-4-16-17(5-11)27-9-26-16/h3-8,10,18,20,24-25H,9H2,1-2H3. The molecule has 27 heavy (non-hydrogen) atoms. The van der Waals surface area contributed by atoms with Gasteiger partial charge in [0.25, 0.3) is 0 Å². The summed E-state index contributed by atoms with van der Waals surface area (Å²) >= 11 is 0. The van der Waals surface area contributed by atoms with Gasteiger partial charge in [0.1, 0.15) is 11.5 Å². The number of carbonyl (C=O) groups excluding carboxylic acids is 1. The van der Waals surface area contributed by atoms with Crippen molar-refractivity contribution in [1.82, 2.24) is 5.43 Å². The van der Waals surface area contributed by atoms with Crippen LogP contribution in [0.2, 0.25) is 0 Å². The zero-order valence-corrected chi connectivity index (χ0v) is 14.8. The molecule has 2 aliphatic heterocycles. The third kappa shape index (κ3) is 2.79. The van der Waals surface area contributed by atoms with Crippen molar-refractivity contribution in [3.05, 3.63) is 41.5 Å². The number of aldehydes is 1. The Bertz CT molecular complexity index is 941. The predicted octanol–water partition coefficient (Wildman–Crippen LogP) is 2.25. The van der Waals surface area contributed by atoms with E-state index in [1.54, 1.807) is 29.2 Å². The topological polar surface area (TPSA) is 104 Å². The quantitative estimate of drug-likeness (QED) is 0.710. The molecule has 0 saturated carbocycles. The number of hydrogen-bond acceptors (Lipinski definition) is 8. The summed E-state index contributed by atoms with van der Waals surface area (Å²) in [4.78, 5) is 13.2. The zero-order chi connectivity index (χ0) is 19.1. The Morgan fingerprint density at radius 1 is 1.19 bits per heavy atom. The van der Waals surface area contributed by atoms with Crippen molar-refractivity contribution < 1.29 is 24.5 Å². The number of aromatic hydroxyl groups is 2. The van der Waals surface area contributed by atoms with E-state index in [1.165, 1.54) is 6.07 Å². The van der Waals surface area contributed by atoms with Gasteiger partial charge in [-0.05, 0) is 29.7 Å². The molecule has 8 nitrogen and oxygen atoms in total. The van der Waals surface area contributed by atoms with E-state index in [-0.39, 0.29) is 24.2 Å². The molecule has 140 valence electrons. The molecule has 4 rings (SSSR count). The molecule has 2 aromatic rings. The summed E-state index contributed by atoms with van der Waals surface area (Å²) < 4.78 is 10.7. The van der Waals surface area contributed by atoms with Crippen LogP contribution in [0, 0.1) is 0 Å². The number of phenolic OH excluding ortho intramolecular Hbond substituents is 2. The van der Waals surface area contributed by atoms with Crippen molar-refractivity contribution in [2.45, 2.75) is 25.9 Å². The van der Waals surface area contributed by atoms with Crippen LogP contribution in [0.15, 0.2) is 35.4 Å². The molecule has 0 bridgehead atoms. The van der Waals surface area contributed by atoms with Crippen molar-refractivity contribution in [2.24, 2.45) is 5.10 Å². The highest BCUT2D eigenvalue weighted by atomic mass is 16.7. The van der Waals surface area contributed by atoms with E-state index >= 15 is 0 Å². The first-order valence-electron chi connectivity index (χ1n) is 8.53. The molecule has 0 fully saturated rings. The maximum absolute atomic E-state index is 11.6. The number of rotatable bonds is 4. The Labute approximate surface area is 155 Å². The maximum Gasteiger partial charge on any atom is 0.231 e. The molecule has 0 saturated heterocycles. The van der Waals surface area contributed by atoms with Crippen molar-refractivity contribution in [3.63, 3.8) is 0 Å². The van der Waals surface area contributed by atoms with Crippen LogP contribution >= 0.6 is 0 Å². The van der Waals surface area contributed by atoms with Crippen LogP contribution in [0.3, 0.4) is 0 Å². The number of ether oxygens (including phenoxy) is 2. The molecule has 1 atom stereocenters. The molecule has 0 spiro atoms. The number of hydrogen-bond donors (Lipinski definition) is 3. The fraction of sp³-hybridized carbons (Fsp3) is 0.263. The van der Waals surface area contributed by atoms with E-state index in [0.717, 1.165) is 6.29 Å². The molecule has 8 heteroatoms. The van der Waals surface area contributed by atoms with E-state index in [9.17, 15) is 15.0 Å². The van der Waals surface area contributed by atoms with Crippen LogP contribution in [0.1, 0.15) is 30.9 Å². The Balaban J connectivity index is 1.80. The first-order chi connectivity index (χ1) is 13.0. The number of nitrogens with one attached hydrogen (secondary N) is 1. The average molecular weight is 369 g/mol. The highest BCUT2D eigenvalue weighted by Gasteiger charge is 2.33. The maximum atomic E-state index is 11.6. The molecule has 0 aliphatic carbocycles. The fourth-order valence-electron chi connectivity index (χ4n) is 3.21. The summed E-state index contributed by atoms with van der Waals surface area (Å²) in [6.07, 6.45) is -0.0156. The normalized spacial score (nSPS) is 17.8. The van der Waals surface area contributed by atoms with Crippen LogP contribution < -0.4 is 19.8 Å². The molecule has 2 aliphatic rings. The predicted molar refractivity (Wildman–Crippen MR) is 98.4 cm³/mol. The number of benzene rings is 2. The molecule has 0 aromatic heterocycles. The minimum Gasteiger partial charge on any atom is -0.508 e. The van der Waals surface area contributed by atoms with Crippen molar-refractivity contribution >= 4 is 17.8 Å². The minimum absolute atomic E-state index is 0.0133. The van der Waals surface area contributed by atoms with Gasteiger partial charge in [0, 0.05) is 17.8 Å². The Hall–Kier alpha value is -3.42. The van der Waals surface area contributed by atoms with Gasteiger partial charge >= 0.3 is 0 Å². The second-order valence-electron chi connectivity index (χ2n) is 6.64. The second kappa shape index (κ2) is 6.39. The molecule has 0 radical (unpaired) electrons. The van der Waals surface area contributed by atoms with Gasteiger partial charge in [-0.1, -0.05) is 13.8 Å². The summed E-state index contributed by atoms with van der Waals surface area (Å²) in [6.45, 7) is 4.02. The summed E-state index contributed by atoms with van der Waals surface area (Å²) in [5.41, 5.74) is 4.49. The smallest absolute Gasteiger partial charge is 0.231 e. The van der Waals surface area contributed by atoms with Crippen LogP contribution in [-0.4, -0.2) is 35.3 Å². The van der Waals surface area contributed by atoms with Crippen molar-refractivity contribution in [1.29, 1.82) is 0 Å². The van der Waals surface area contributed by atoms with Gasteiger partial charge in [-0.2, -0.15) is 5.10 Å². The SMILES string of the molecule is CC(C)c1cc(C2=NNC(C=O)N2c2ccc3c(c2)OCO3)c(O)cc1O. The molecule has 0 amide bonds. The summed E-state index contributed by atoms with van der Waals surface area (Å²) in [5, 5.41) is 24.8. The average Bonchev–Trinajstić information content (AvgIpc) is 3.27. The number of amidine groups is 1. The fourth-order valence-corrected chi connectivity index (χ4v) is 3.21. The summed E-state index contributed by atoms with van der Waals surface area (Å²) in [5.74, 6) is 1.49. The largest absolute Gasteiger partial charge is 0.508 e. The van der Waals surface area contributed by atoms with Crippen molar-refractivity contribution in [2.75, 3.05) is 11.7 Å². The van der Waals surface area contributed by atoms with Crippen LogP contribution in [0.4, 0.5) is 5.69 Å². The van der Waals surface area contributed by atoms with E-state index < -0.39 is 6.17 Å². The number of hydrazone groups is 1. The van der Waals surface area contributed by atoms with Gasteiger partial charge in [-0.25, -0.2) is 0 Å². The Kier molecular flexibility index (Phi) is 4.02. The Morgan fingerprint density at radius 3 is 2.70 bits per heavy atom. The molecule has 1 unspecified atom stereocenters. The second-order valence-corrected chi connectivity index (χ2v) is 6.64. The van der Waals surface area contributed by atoms with Crippen LogP contribution in [-0.2, 0) is 4.79 Å². The van der Waals surface area contributed by atoms with E-state index in [4.69, 9.17) is 9.47 Å². The molecular formula is C19H19N3O5. The van der Waals surface area contributed by atoms with Crippen molar-refractivity contribution in [3.8, 4) is 23.0 Å². The van der Waals surface area contributed by atoms with Gasteiger partial charge in [0.15, 0.2) is 29.8 Å². The van der Waals surface area contributed by atoms with E-state index in [2.05, 4.69) is 10.5 Å². The highest BCUT2D eigenvalue weighted by molar-refractivity contribution is 6.14.